The summed E-state index contributed by atoms with van der Waals surface area (Å²) < 4.78 is 11.8. The monoisotopic (exact) mass is 380 g/mol. The molecule has 28 heavy (non-hydrogen) atoms. The van der Waals surface area contributed by atoms with E-state index < -0.39 is 0 Å². The van der Waals surface area contributed by atoms with Crippen molar-refractivity contribution in [3.05, 3.63) is 65.0 Å². The average molecular weight is 380 g/mol. The molecule has 1 aromatic heterocycles. The molecule has 0 unspecified atom stereocenters. The molecule has 3 heterocycles. The summed E-state index contributed by atoms with van der Waals surface area (Å²) in [4.78, 5) is 19.2. The van der Waals surface area contributed by atoms with Gasteiger partial charge in [0, 0.05) is 36.9 Å². The Morgan fingerprint density at radius 3 is 2.89 bits per heavy atom. The van der Waals surface area contributed by atoms with Gasteiger partial charge >= 0.3 is 0 Å². The fourth-order valence-electron chi connectivity index (χ4n) is 4.31. The molecule has 2 aliphatic rings. The number of hydrogen-bond donors (Lipinski definition) is 0. The van der Waals surface area contributed by atoms with Gasteiger partial charge in [-0.1, -0.05) is 23.8 Å². The molecule has 0 bridgehead atoms. The Balaban J connectivity index is 1.27. The van der Waals surface area contributed by atoms with Gasteiger partial charge in [0.1, 0.15) is 0 Å². The zero-order valence-corrected chi connectivity index (χ0v) is 16.6. The summed E-state index contributed by atoms with van der Waals surface area (Å²) >= 11 is 0. The molecule has 4 rings (SSSR count). The molecule has 2 aromatic rings. The molecular formula is C23H28N2O3. The molecule has 2 aliphatic heterocycles. The summed E-state index contributed by atoms with van der Waals surface area (Å²) in [6.07, 6.45) is 1.12. The third-order valence-corrected chi connectivity index (χ3v) is 5.82. The summed E-state index contributed by atoms with van der Waals surface area (Å²) in [6, 6.07) is 13.8. The largest absolute Gasteiger partial charge is 0.376 e. The fourth-order valence-corrected chi connectivity index (χ4v) is 4.31. The van der Waals surface area contributed by atoms with Gasteiger partial charge in [-0.3, -0.25) is 9.78 Å². The van der Waals surface area contributed by atoms with E-state index in [1.165, 1.54) is 0 Å². The zero-order valence-electron chi connectivity index (χ0n) is 16.6. The van der Waals surface area contributed by atoms with E-state index in [4.69, 9.17) is 9.47 Å². The van der Waals surface area contributed by atoms with Crippen molar-refractivity contribution in [1.82, 2.24) is 9.88 Å². The summed E-state index contributed by atoms with van der Waals surface area (Å²) in [5, 5.41) is 0. The van der Waals surface area contributed by atoms with Crippen molar-refractivity contribution in [2.75, 3.05) is 26.3 Å². The topological polar surface area (TPSA) is 51.7 Å². The molecule has 0 spiro atoms. The maximum atomic E-state index is 12.8. The minimum absolute atomic E-state index is 0.113. The lowest BCUT2D eigenvalue weighted by Gasteiger charge is -2.20. The number of fused-ring (bicyclic) bond motifs is 1. The average Bonchev–Trinajstić information content (AvgIpc) is 3.26. The van der Waals surface area contributed by atoms with Crippen molar-refractivity contribution in [2.45, 2.75) is 33.0 Å². The number of hydrogen-bond acceptors (Lipinski definition) is 4. The van der Waals surface area contributed by atoms with E-state index in [1.54, 1.807) is 0 Å². The van der Waals surface area contributed by atoms with Gasteiger partial charge in [-0.05, 0) is 50.5 Å². The molecule has 148 valence electrons. The van der Waals surface area contributed by atoms with Crippen LogP contribution >= 0.6 is 0 Å². The van der Waals surface area contributed by atoms with Crippen LogP contribution in [0.3, 0.4) is 0 Å². The van der Waals surface area contributed by atoms with E-state index in [0.717, 1.165) is 42.1 Å². The molecule has 0 N–H and O–H groups in total. The van der Waals surface area contributed by atoms with E-state index >= 15 is 0 Å². The standard InChI is InChI=1S/C23H28N2O3/c1-16-5-3-7-18(11-16)23(26)25-12-21-19(14-28-22(21)13-25)9-10-27-15-20-8-4-6-17(2)24-20/h3-8,11,19,21-22H,9-10,12-15H2,1-2H3/t19-,21-,22-/m0/s1. The van der Waals surface area contributed by atoms with E-state index in [0.29, 0.717) is 31.6 Å². The second kappa shape index (κ2) is 8.41. The molecule has 5 nitrogen and oxygen atoms in total. The highest BCUT2D eigenvalue weighted by Gasteiger charge is 2.44. The number of amides is 1. The van der Waals surface area contributed by atoms with Crippen molar-refractivity contribution < 1.29 is 14.3 Å². The Morgan fingerprint density at radius 2 is 2.07 bits per heavy atom. The van der Waals surface area contributed by atoms with Gasteiger partial charge in [0.25, 0.3) is 5.91 Å². The van der Waals surface area contributed by atoms with Crippen LogP contribution in [0.5, 0.6) is 0 Å². The number of aromatic nitrogens is 1. The number of carbonyl (C=O) groups excluding carboxylic acids is 1. The van der Waals surface area contributed by atoms with Crippen LogP contribution in [0.1, 0.15) is 33.7 Å². The molecule has 0 aliphatic carbocycles. The normalized spacial score (nSPS) is 23.8. The van der Waals surface area contributed by atoms with Gasteiger partial charge in [-0.25, -0.2) is 0 Å². The van der Waals surface area contributed by atoms with Crippen LogP contribution in [0.25, 0.3) is 0 Å². The predicted molar refractivity (Wildman–Crippen MR) is 107 cm³/mol. The van der Waals surface area contributed by atoms with Crippen LogP contribution in [0.2, 0.25) is 0 Å². The van der Waals surface area contributed by atoms with Crippen molar-refractivity contribution in [3.63, 3.8) is 0 Å². The van der Waals surface area contributed by atoms with Gasteiger partial charge in [-0.15, -0.1) is 0 Å². The number of rotatable bonds is 6. The van der Waals surface area contributed by atoms with Crippen molar-refractivity contribution in [3.8, 4) is 0 Å². The molecule has 0 saturated carbocycles. The maximum absolute atomic E-state index is 12.8. The minimum atomic E-state index is 0.113. The lowest BCUT2D eigenvalue weighted by Crippen LogP contribution is -2.31. The van der Waals surface area contributed by atoms with Crippen LogP contribution in [0, 0.1) is 25.7 Å². The van der Waals surface area contributed by atoms with E-state index in [-0.39, 0.29) is 12.0 Å². The van der Waals surface area contributed by atoms with Crippen LogP contribution in [-0.2, 0) is 16.1 Å². The molecule has 5 heteroatoms. The summed E-state index contributed by atoms with van der Waals surface area (Å²) in [5.41, 5.74) is 3.86. The van der Waals surface area contributed by atoms with E-state index in [9.17, 15) is 4.79 Å². The number of ether oxygens (including phenoxy) is 2. The molecule has 3 atom stereocenters. The molecule has 1 aromatic carbocycles. The number of nitrogens with zero attached hydrogens (tertiary/aromatic N) is 2. The highest BCUT2D eigenvalue weighted by Crippen LogP contribution is 2.36. The van der Waals surface area contributed by atoms with E-state index in [1.807, 2.05) is 61.2 Å². The maximum Gasteiger partial charge on any atom is 0.253 e. The third kappa shape index (κ3) is 4.26. The summed E-state index contributed by atoms with van der Waals surface area (Å²) in [6.45, 7) is 7.49. The molecule has 2 fully saturated rings. The summed E-state index contributed by atoms with van der Waals surface area (Å²) in [5.74, 6) is 0.974. The highest BCUT2D eigenvalue weighted by atomic mass is 16.5. The first-order valence-corrected chi connectivity index (χ1v) is 10.1. The Kier molecular flexibility index (Phi) is 5.74. The van der Waals surface area contributed by atoms with Crippen molar-refractivity contribution in [1.29, 1.82) is 0 Å². The first-order chi connectivity index (χ1) is 13.6. The highest BCUT2D eigenvalue weighted by molar-refractivity contribution is 5.94. The first kappa shape index (κ1) is 19.1. The van der Waals surface area contributed by atoms with Crippen molar-refractivity contribution >= 4 is 5.91 Å². The minimum Gasteiger partial charge on any atom is -0.376 e. The van der Waals surface area contributed by atoms with E-state index in [2.05, 4.69) is 4.98 Å². The number of likely N-dealkylation sites (tertiary alicyclic amines) is 1. The van der Waals surface area contributed by atoms with Crippen LogP contribution in [0.15, 0.2) is 42.5 Å². The lowest BCUT2D eigenvalue weighted by molar-refractivity contribution is 0.0646. The number of aryl methyl sites for hydroxylation is 2. The van der Waals surface area contributed by atoms with Crippen LogP contribution < -0.4 is 0 Å². The van der Waals surface area contributed by atoms with Gasteiger partial charge < -0.3 is 14.4 Å². The SMILES string of the molecule is Cc1cccc(C(=O)N2C[C@H]3[C@@H](CCOCc4cccc(C)n4)CO[C@H]3C2)c1. The van der Waals surface area contributed by atoms with Crippen molar-refractivity contribution in [2.24, 2.45) is 11.8 Å². The second-order valence-electron chi connectivity index (χ2n) is 7.99. The zero-order chi connectivity index (χ0) is 19.5. The fraction of sp³-hybridized carbons (Fsp3) is 0.478. The number of carbonyl (C=O) groups is 1. The number of pyridine rings is 1. The molecule has 2 saturated heterocycles. The van der Waals surface area contributed by atoms with Gasteiger partial charge in [0.15, 0.2) is 0 Å². The lowest BCUT2D eigenvalue weighted by atomic mass is 9.91. The Bertz CT molecular complexity index is 838. The van der Waals surface area contributed by atoms with Crippen LogP contribution in [-0.4, -0.2) is 48.2 Å². The quantitative estimate of drug-likeness (QED) is 0.721. The predicted octanol–water partition coefficient (Wildman–Crippen LogP) is 3.39. The number of benzene rings is 1. The molecule has 1 amide bonds. The third-order valence-electron chi connectivity index (χ3n) is 5.82. The molecule has 0 radical (unpaired) electrons. The summed E-state index contributed by atoms with van der Waals surface area (Å²) in [7, 11) is 0. The van der Waals surface area contributed by atoms with Crippen LogP contribution in [0.4, 0.5) is 0 Å². The smallest absolute Gasteiger partial charge is 0.253 e. The Hall–Kier alpha value is -2.24. The Labute approximate surface area is 166 Å². The first-order valence-electron chi connectivity index (χ1n) is 10.1. The second-order valence-corrected chi connectivity index (χ2v) is 7.99. The van der Waals surface area contributed by atoms with Gasteiger partial charge in [0.05, 0.1) is 25.0 Å². The van der Waals surface area contributed by atoms with Gasteiger partial charge in [-0.2, -0.15) is 0 Å². The Morgan fingerprint density at radius 1 is 1.21 bits per heavy atom. The van der Waals surface area contributed by atoms with Gasteiger partial charge in [0.2, 0.25) is 0 Å². The molecular weight excluding hydrogens is 352 g/mol.